The summed E-state index contributed by atoms with van der Waals surface area (Å²) in [5.74, 6) is -0.939. The van der Waals surface area contributed by atoms with E-state index in [0.717, 1.165) is 26.6 Å². The molecule has 4 N–H and O–H groups in total. The van der Waals surface area contributed by atoms with Gasteiger partial charge in [-0.05, 0) is 72.4 Å². The molecule has 35 heavy (non-hydrogen) atoms. The Morgan fingerprint density at radius 1 is 1.23 bits per heavy atom. The summed E-state index contributed by atoms with van der Waals surface area (Å²) in [5.41, 5.74) is 14.0. The summed E-state index contributed by atoms with van der Waals surface area (Å²) in [6.07, 6.45) is 2.03. The first-order valence-electron chi connectivity index (χ1n) is 11.3. The number of rotatable bonds is 7. The van der Waals surface area contributed by atoms with Gasteiger partial charge in [-0.15, -0.1) is 0 Å². The Morgan fingerprint density at radius 3 is 2.66 bits per heavy atom. The quantitative estimate of drug-likeness (QED) is 0.440. The van der Waals surface area contributed by atoms with Gasteiger partial charge in [0.15, 0.2) is 0 Å². The second-order valence-electron chi connectivity index (χ2n) is 9.68. The molecule has 1 unspecified atom stereocenters. The highest BCUT2D eigenvalue weighted by molar-refractivity contribution is 9.10. The number of hydrogen-bond donors (Lipinski definition) is 2. The van der Waals surface area contributed by atoms with Crippen LogP contribution in [0.15, 0.2) is 41.0 Å². The number of esters is 1. The highest BCUT2D eigenvalue weighted by Gasteiger charge is 2.36. The van der Waals surface area contributed by atoms with Crippen LogP contribution in [0.4, 0.5) is 5.82 Å². The number of carbonyl (C=O) groups excluding carboxylic acids is 3. The van der Waals surface area contributed by atoms with Crippen LogP contribution in [-0.4, -0.2) is 43.9 Å². The van der Waals surface area contributed by atoms with E-state index in [1.807, 2.05) is 29.0 Å². The average Bonchev–Trinajstić information content (AvgIpc) is 3.28. The summed E-state index contributed by atoms with van der Waals surface area (Å²) >= 11 is 3.52. The molecule has 1 aliphatic heterocycles. The average molecular weight is 542 g/mol. The van der Waals surface area contributed by atoms with Crippen LogP contribution in [0.3, 0.4) is 0 Å². The molecule has 10 heteroatoms. The number of primary amides is 1. The third-order valence-electron chi connectivity index (χ3n) is 5.80. The standard InChI is InChI=1S/C25H28BrN5O4/c1-25(2,3)35-21(32)7-6-19(22(28)33)31-13-15-10-14(4-5-16(15)24(31)34)12-30-9-8-17-18(26)11-20(27)29-23(17)30/h4-5,8-11,19H,6-7,12-13H2,1-3H3,(H2,27,29)(H2,28,33). The molecule has 0 fully saturated rings. The van der Waals surface area contributed by atoms with E-state index in [-0.39, 0.29) is 25.3 Å². The third-order valence-corrected chi connectivity index (χ3v) is 6.46. The second-order valence-corrected chi connectivity index (χ2v) is 10.5. The van der Waals surface area contributed by atoms with E-state index in [1.165, 1.54) is 4.90 Å². The fraction of sp³-hybridized carbons (Fsp3) is 0.360. The van der Waals surface area contributed by atoms with Gasteiger partial charge in [0.2, 0.25) is 5.91 Å². The van der Waals surface area contributed by atoms with Crippen molar-refractivity contribution in [1.29, 1.82) is 0 Å². The lowest BCUT2D eigenvalue weighted by atomic mass is 10.1. The zero-order valence-electron chi connectivity index (χ0n) is 19.9. The fourth-order valence-corrected chi connectivity index (χ4v) is 4.85. The lowest BCUT2D eigenvalue weighted by Gasteiger charge is -2.25. The van der Waals surface area contributed by atoms with E-state index in [2.05, 4.69) is 20.9 Å². The van der Waals surface area contributed by atoms with Crippen molar-refractivity contribution in [2.75, 3.05) is 5.73 Å². The second kappa shape index (κ2) is 9.33. The molecular formula is C25H28BrN5O4. The van der Waals surface area contributed by atoms with Crippen LogP contribution in [0.25, 0.3) is 11.0 Å². The number of aromatic nitrogens is 2. The van der Waals surface area contributed by atoms with Gasteiger partial charge in [-0.2, -0.15) is 0 Å². The van der Waals surface area contributed by atoms with E-state index in [1.54, 1.807) is 32.9 Å². The molecule has 9 nitrogen and oxygen atoms in total. The van der Waals surface area contributed by atoms with E-state index in [0.29, 0.717) is 17.9 Å². The van der Waals surface area contributed by atoms with Gasteiger partial charge in [0.1, 0.15) is 23.1 Å². The normalized spacial score (nSPS) is 14.3. The molecule has 0 aliphatic carbocycles. The molecule has 2 amide bonds. The molecule has 0 radical (unpaired) electrons. The minimum absolute atomic E-state index is 0.0113. The summed E-state index contributed by atoms with van der Waals surface area (Å²) in [7, 11) is 0. The predicted molar refractivity (Wildman–Crippen MR) is 135 cm³/mol. The molecule has 184 valence electrons. The molecule has 2 aromatic heterocycles. The smallest absolute Gasteiger partial charge is 0.306 e. The summed E-state index contributed by atoms with van der Waals surface area (Å²) in [6.45, 7) is 6.10. The third kappa shape index (κ3) is 5.32. The largest absolute Gasteiger partial charge is 0.460 e. The minimum atomic E-state index is -0.899. The molecule has 3 heterocycles. The molecule has 0 saturated heterocycles. The highest BCUT2D eigenvalue weighted by Crippen LogP contribution is 2.29. The van der Waals surface area contributed by atoms with Gasteiger partial charge < -0.3 is 25.7 Å². The van der Waals surface area contributed by atoms with Crippen LogP contribution in [0.1, 0.15) is 55.1 Å². The van der Waals surface area contributed by atoms with Gasteiger partial charge in [0, 0.05) is 41.1 Å². The van der Waals surface area contributed by atoms with Crippen molar-refractivity contribution < 1.29 is 19.1 Å². The molecule has 1 aliphatic rings. The van der Waals surface area contributed by atoms with Gasteiger partial charge in [-0.25, -0.2) is 4.98 Å². The SMILES string of the molecule is CC(C)(C)OC(=O)CCC(C(N)=O)N1Cc2cc(Cn3ccc4c(Br)cc(N)nc43)ccc2C1=O. The Hall–Kier alpha value is -3.40. The zero-order valence-corrected chi connectivity index (χ0v) is 21.5. The molecule has 0 spiro atoms. The van der Waals surface area contributed by atoms with Crippen LogP contribution >= 0.6 is 15.9 Å². The number of nitrogens with two attached hydrogens (primary N) is 2. The number of carbonyl (C=O) groups is 3. The van der Waals surface area contributed by atoms with E-state index in [4.69, 9.17) is 16.2 Å². The Morgan fingerprint density at radius 2 is 1.97 bits per heavy atom. The van der Waals surface area contributed by atoms with E-state index < -0.39 is 23.5 Å². The number of fused-ring (bicyclic) bond motifs is 2. The van der Waals surface area contributed by atoms with Gasteiger partial charge in [0.05, 0.1) is 0 Å². The number of benzene rings is 1. The lowest BCUT2D eigenvalue weighted by molar-refractivity contribution is -0.155. The number of nitrogens with zero attached hydrogens (tertiary/aromatic N) is 3. The van der Waals surface area contributed by atoms with Crippen molar-refractivity contribution in [3.05, 3.63) is 57.7 Å². The number of pyridine rings is 1. The minimum Gasteiger partial charge on any atom is -0.460 e. The maximum atomic E-state index is 13.1. The van der Waals surface area contributed by atoms with E-state index in [9.17, 15) is 14.4 Å². The molecule has 0 saturated carbocycles. The van der Waals surface area contributed by atoms with Crippen LogP contribution in [0, 0.1) is 0 Å². The summed E-state index contributed by atoms with van der Waals surface area (Å²) in [6, 6.07) is 8.43. The number of hydrogen-bond acceptors (Lipinski definition) is 6. The summed E-state index contributed by atoms with van der Waals surface area (Å²) in [5, 5.41) is 0.955. The first-order chi connectivity index (χ1) is 16.4. The monoisotopic (exact) mass is 541 g/mol. The maximum Gasteiger partial charge on any atom is 0.306 e. The number of halogens is 1. The van der Waals surface area contributed by atoms with Gasteiger partial charge >= 0.3 is 5.97 Å². The number of anilines is 1. The predicted octanol–water partition coefficient (Wildman–Crippen LogP) is 3.36. The first-order valence-corrected chi connectivity index (χ1v) is 12.1. The summed E-state index contributed by atoms with van der Waals surface area (Å²) in [4.78, 5) is 43.3. The Balaban J connectivity index is 1.51. The number of amides is 2. The Labute approximate surface area is 211 Å². The van der Waals surface area contributed by atoms with Crippen molar-refractivity contribution >= 4 is 50.6 Å². The van der Waals surface area contributed by atoms with Gasteiger partial charge in [0.25, 0.3) is 5.91 Å². The van der Waals surface area contributed by atoms with Crippen LogP contribution in [-0.2, 0) is 27.4 Å². The van der Waals surface area contributed by atoms with Crippen LogP contribution < -0.4 is 11.5 Å². The highest BCUT2D eigenvalue weighted by atomic mass is 79.9. The topological polar surface area (TPSA) is 134 Å². The molecule has 3 aromatic rings. The first kappa shape index (κ1) is 24.7. The van der Waals surface area contributed by atoms with E-state index >= 15 is 0 Å². The van der Waals surface area contributed by atoms with Crippen molar-refractivity contribution in [3.63, 3.8) is 0 Å². The molecule has 1 aromatic carbocycles. The molecule has 4 rings (SSSR count). The van der Waals surface area contributed by atoms with Crippen molar-refractivity contribution in [1.82, 2.24) is 14.5 Å². The molecule has 1 atom stereocenters. The Bertz CT molecular complexity index is 1330. The van der Waals surface area contributed by atoms with Crippen molar-refractivity contribution in [3.8, 4) is 0 Å². The Kier molecular flexibility index (Phi) is 6.59. The fourth-order valence-electron chi connectivity index (χ4n) is 4.31. The lowest BCUT2D eigenvalue weighted by Crippen LogP contribution is -2.45. The van der Waals surface area contributed by atoms with Crippen molar-refractivity contribution in [2.24, 2.45) is 5.73 Å². The summed E-state index contributed by atoms with van der Waals surface area (Å²) < 4.78 is 8.18. The van der Waals surface area contributed by atoms with Gasteiger partial charge in [-0.3, -0.25) is 14.4 Å². The number of ether oxygens (including phenoxy) is 1. The molecular weight excluding hydrogens is 514 g/mol. The number of nitrogen functional groups attached to an aromatic ring is 1. The molecule has 0 bridgehead atoms. The van der Waals surface area contributed by atoms with Crippen LogP contribution in [0.2, 0.25) is 0 Å². The maximum absolute atomic E-state index is 13.1. The van der Waals surface area contributed by atoms with Crippen LogP contribution in [0.5, 0.6) is 0 Å². The van der Waals surface area contributed by atoms with Gasteiger partial charge in [-0.1, -0.05) is 12.1 Å². The zero-order chi connectivity index (χ0) is 25.5. The van der Waals surface area contributed by atoms with Crippen molar-refractivity contribution in [2.45, 2.75) is 58.3 Å².